The van der Waals surface area contributed by atoms with Crippen molar-refractivity contribution in [3.8, 4) is 0 Å². The van der Waals surface area contributed by atoms with Crippen molar-refractivity contribution in [2.45, 2.75) is 50.1 Å². The molecule has 1 aliphatic carbocycles. The maximum atomic E-state index is 12.8. The molecule has 2 aliphatic rings. The van der Waals surface area contributed by atoms with E-state index < -0.39 is 23.6 Å². The highest BCUT2D eigenvalue weighted by atomic mass is 16.4. The number of urea groups is 1. The largest absolute Gasteiger partial charge is 0.480 e. The van der Waals surface area contributed by atoms with Gasteiger partial charge in [0.2, 0.25) is 0 Å². The highest BCUT2D eigenvalue weighted by Gasteiger charge is 2.54. The Morgan fingerprint density at radius 1 is 1.17 bits per heavy atom. The number of imide groups is 1. The molecule has 2 fully saturated rings. The summed E-state index contributed by atoms with van der Waals surface area (Å²) in [6, 6.07) is 7.29. The van der Waals surface area contributed by atoms with E-state index in [0.29, 0.717) is 12.8 Å². The molecule has 1 atom stereocenters. The number of aliphatic carboxylic acids is 1. The lowest BCUT2D eigenvalue weighted by molar-refractivity contribution is -0.148. The molecule has 6 nitrogen and oxygen atoms in total. The minimum Gasteiger partial charge on any atom is -0.480 e. The van der Waals surface area contributed by atoms with E-state index >= 15 is 0 Å². The molecule has 0 bridgehead atoms. The van der Waals surface area contributed by atoms with Crippen LogP contribution in [0.5, 0.6) is 0 Å². The van der Waals surface area contributed by atoms with Crippen molar-refractivity contribution >= 4 is 17.9 Å². The molecule has 3 amide bonds. The van der Waals surface area contributed by atoms with Crippen LogP contribution in [0.3, 0.4) is 0 Å². The van der Waals surface area contributed by atoms with Crippen LogP contribution in [0.25, 0.3) is 0 Å². The van der Waals surface area contributed by atoms with Crippen molar-refractivity contribution in [3.63, 3.8) is 0 Å². The van der Waals surface area contributed by atoms with E-state index in [2.05, 4.69) is 5.32 Å². The first kappa shape index (κ1) is 15.5. The van der Waals surface area contributed by atoms with Gasteiger partial charge in [-0.05, 0) is 18.4 Å². The molecular formula is C17H20N2O4. The van der Waals surface area contributed by atoms with Gasteiger partial charge in [0, 0.05) is 6.42 Å². The van der Waals surface area contributed by atoms with E-state index in [9.17, 15) is 19.5 Å². The third-order valence-electron chi connectivity index (χ3n) is 4.77. The average Bonchev–Trinajstić information content (AvgIpc) is 2.77. The topological polar surface area (TPSA) is 86.7 Å². The first-order valence-electron chi connectivity index (χ1n) is 7.96. The molecule has 3 rings (SSSR count). The number of carbonyl (C=O) groups is 3. The molecule has 1 heterocycles. The van der Waals surface area contributed by atoms with Gasteiger partial charge in [0.25, 0.3) is 5.91 Å². The summed E-state index contributed by atoms with van der Waals surface area (Å²) in [5.41, 5.74) is -0.107. The second kappa shape index (κ2) is 6.02. The highest BCUT2D eigenvalue weighted by Crippen LogP contribution is 2.34. The van der Waals surface area contributed by atoms with Crippen molar-refractivity contribution in [1.29, 1.82) is 0 Å². The minimum absolute atomic E-state index is 0.116. The summed E-state index contributed by atoms with van der Waals surface area (Å²) in [4.78, 5) is 37.7. The molecule has 0 aromatic heterocycles. The lowest BCUT2D eigenvalue weighted by atomic mass is 9.81. The minimum atomic E-state index is -1.17. The van der Waals surface area contributed by atoms with E-state index in [0.717, 1.165) is 29.7 Å². The van der Waals surface area contributed by atoms with Gasteiger partial charge < -0.3 is 10.4 Å². The van der Waals surface area contributed by atoms with Gasteiger partial charge in [-0.1, -0.05) is 49.6 Å². The van der Waals surface area contributed by atoms with Crippen LogP contribution in [-0.4, -0.2) is 39.5 Å². The third-order valence-corrected chi connectivity index (χ3v) is 4.77. The summed E-state index contributed by atoms with van der Waals surface area (Å²) in [6.45, 7) is 0. The molecule has 1 aliphatic heterocycles. The van der Waals surface area contributed by atoms with Gasteiger partial charge in [-0.25, -0.2) is 14.5 Å². The van der Waals surface area contributed by atoms with Crippen molar-refractivity contribution in [2.24, 2.45) is 0 Å². The fourth-order valence-electron chi connectivity index (χ4n) is 3.54. The summed E-state index contributed by atoms with van der Waals surface area (Å²) in [5.74, 6) is -1.55. The predicted molar refractivity (Wildman–Crippen MR) is 82.8 cm³/mol. The quantitative estimate of drug-likeness (QED) is 0.831. The van der Waals surface area contributed by atoms with Crippen LogP contribution < -0.4 is 5.32 Å². The number of hydrogen-bond acceptors (Lipinski definition) is 3. The lowest BCUT2D eigenvalue weighted by Crippen LogP contribution is -2.50. The normalized spacial score (nSPS) is 21.3. The molecule has 1 aromatic rings. The van der Waals surface area contributed by atoms with Gasteiger partial charge in [0.05, 0.1) is 0 Å². The zero-order valence-electron chi connectivity index (χ0n) is 12.8. The summed E-state index contributed by atoms with van der Waals surface area (Å²) in [6.07, 6.45) is 4.08. The molecule has 1 saturated carbocycles. The highest BCUT2D eigenvalue weighted by molar-refractivity contribution is 6.09. The molecule has 0 unspecified atom stereocenters. The number of carbonyl (C=O) groups excluding carboxylic acids is 2. The maximum Gasteiger partial charge on any atom is 0.327 e. The second-order valence-electron chi connectivity index (χ2n) is 6.29. The van der Waals surface area contributed by atoms with Gasteiger partial charge >= 0.3 is 12.0 Å². The molecule has 1 spiro atoms. The molecule has 2 N–H and O–H groups in total. The fourth-order valence-corrected chi connectivity index (χ4v) is 3.54. The van der Waals surface area contributed by atoms with Crippen LogP contribution in [0.15, 0.2) is 30.3 Å². The van der Waals surface area contributed by atoms with Crippen LogP contribution in [0.1, 0.15) is 37.7 Å². The number of carboxylic acid groups (broad SMARTS) is 1. The van der Waals surface area contributed by atoms with E-state index in [1.165, 1.54) is 0 Å². The zero-order valence-corrected chi connectivity index (χ0v) is 12.8. The van der Waals surface area contributed by atoms with Gasteiger partial charge in [0.1, 0.15) is 11.6 Å². The van der Waals surface area contributed by atoms with Crippen molar-refractivity contribution in [2.75, 3.05) is 0 Å². The second-order valence-corrected chi connectivity index (χ2v) is 6.29. The Morgan fingerprint density at radius 2 is 1.83 bits per heavy atom. The first-order chi connectivity index (χ1) is 11.0. The molecule has 1 saturated heterocycles. The standard InChI is InChI=1S/C17H20N2O4/c20-14(21)13(11-12-7-3-1-4-8-12)19-15(22)17(18-16(19)23)9-5-2-6-10-17/h1,3-4,7-8,13H,2,5-6,9-11H2,(H,18,23)(H,20,21)/t13-/m1/s1. The lowest BCUT2D eigenvalue weighted by Gasteiger charge is -2.31. The van der Waals surface area contributed by atoms with Crippen molar-refractivity contribution < 1.29 is 19.5 Å². The zero-order chi connectivity index (χ0) is 16.4. The van der Waals surface area contributed by atoms with Crippen LogP contribution in [-0.2, 0) is 16.0 Å². The summed E-state index contributed by atoms with van der Waals surface area (Å²) in [5, 5.41) is 12.3. The number of nitrogens with zero attached hydrogens (tertiary/aromatic N) is 1. The Bertz CT molecular complexity index is 623. The average molecular weight is 316 g/mol. The first-order valence-corrected chi connectivity index (χ1v) is 7.96. The summed E-state index contributed by atoms with van der Waals surface area (Å²) in [7, 11) is 0. The predicted octanol–water partition coefficient (Wildman–Crippen LogP) is 1.94. The molecule has 23 heavy (non-hydrogen) atoms. The fraction of sp³-hybridized carbons (Fsp3) is 0.471. The summed E-state index contributed by atoms with van der Waals surface area (Å²) >= 11 is 0. The Hall–Kier alpha value is -2.37. The van der Waals surface area contributed by atoms with Gasteiger partial charge in [-0.15, -0.1) is 0 Å². The van der Waals surface area contributed by atoms with Crippen molar-refractivity contribution in [3.05, 3.63) is 35.9 Å². The van der Waals surface area contributed by atoms with Crippen LogP contribution in [0.4, 0.5) is 4.79 Å². The van der Waals surface area contributed by atoms with Gasteiger partial charge in [0.15, 0.2) is 0 Å². The Morgan fingerprint density at radius 3 is 2.43 bits per heavy atom. The maximum absolute atomic E-state index is 12.8. The Labute approximate surface area is 134 Å². The molecule has 6 heteroatoms. The van der Waals surface area contributed by atoms with Crippen LogP contribution >= 0.6 is 0 Å². The van der Waals surface area contributed by atoms with E-state index in [1.54, 1.807) is 12.1 Å². The van der Waals surface area contributed by atoms with E-state index in [1.807, 2.05) is 18.2 Å². The number of rotatable bonds is 4. The van der Waals surface area contributed by atoms with Gasteiger partial charge in [-0.2, -0.15) is 0 Å². The van der Waals surface area contributed by atoms with Gasteiger partial charge in [-0.3, -0.25) is 4.79 Å². The number of amides is 3. The monoisotopic (exact) mass is 316 g/mol. The van der Waals surface area contributed by atoms with Crippen LogP contribution in [0.2, 0.25) is 0 Å². The van der Waals surface area contributed by atoms with E-state index in [-0.39, 0.29) is 12.3 Å². The van der Waals surface area contributed by atoms with Crippen molar-refractivity contribution in [1.82, 2.24) is 10.2 Å². The third kappa shape index (κ3) is 2.81. The number of hydrogen-bond donors (Lipinski definition) is 2. The number of nitrogens with one attached hydrogen (secondary N) is 1. The number of carboxylic acids is 1. The molecule has 1 aromatic carbocycles. The van der Waals surface area contributed by atoms with Crippen LogP contribution in [0, 0.1) is 0 Å². The molecule has 122 valence electrons. The molecular weight excluding hydrogens is 296 g/mol. The SMILES string of the molecule is O=C(O)[C@@H](Cc1ccccc1)N1C(=O)NC2(CCCCC2)C1=O. The Kier molecular flexibility index (Phi) is 4.07. The Balaban J connectivity index is 1.86. The van der Waals surface area contributed by atoms with E-state index in [4.69, 9.17) is 0 Å². The summed E-state index contributed by atoms with van der Waals surface area (Å²) < 4.78 is 0. The number of benzene rings is 1. The smallest absolute Gasteiger partial charge is 0.327 e. The molecule has 0 radical (unpaired) electrons.